The number of rotatable bonds is 3. The molecule has 1 aromatic carbocycles. The normalized spacial score (nSPS) is 10.9. The monoisotopic (exact) mass is 310 g/mol. The SMILES string of the molecule is COc1c(Br)cc(C(C)C)cc1-c1cnoc1N. The van der Waals surface area contributed by atoms with Crippen molar-refractivity contribution in [3.63, 3.8) is 0 Å². The van der Waals surface area contributed by atoms with Crippen molar-refractivity contribution in [2.24, 2.45) is 0 Å². The number of halogens is 1. The average Bonchev–Trinajstić information content (AvgIpc) is 2.74. The molecular formula is C13H15BrN2O2. The molecule has 0 unspecified atom stereocenters. The molecule has 0 fully saturated rings. The van der Waals surface area contributed by atoms with Crippen molar-refractivity contribution in [1.82, 2.24) is 5.16 Å². The van der Waals surface area contributed by atoms with Crippen molar-refractivity contribution in [3.05, 3.63) is 28.4 Å². The number of nitrogen functional groups attached to an aromatic ring is 1. The summed E-state index contributed by atoms with van der Waals surface area (Å²) in [6, 6.07) is 4.11. The third kappa shape index (κ3) is 2.22. The molecule has 18 heavy (non-hydrogen) atoms. The maximum absolute atomic E-state index is 5.77. The van der Waals surface area contributed by atoms with Crippen molar-refractivity contribution in [3.8, 4) is 16.9 Å². The Morgan fingerprint density at radius 3 is 2.56 bits per heavy atom. The van der Waals surface area contributed by atoms with Crippen molar-refractivity contribution in [1.29, 1.82) is 0 Å². The maximum atomic E-state index is 5.77. The number of aromatic nitrogens is 1. The van der Waals surface area contributed by atoms with Gasteiger partial charge in [-0.25, -0.2) is 0 Å². The molecule has 5 heteroatoms. The third-order valence-electron chi connectivity index (χ3n) is 2.83. The van der Waals surface area contributed by atoms with E-state index in [0.717, 1.165) is 21.3 Å². The summed E-state index contributed by atoms with van der Waals surface area (Å²) >= 11 is 3.52. The lowest BCUT2D eigenvalue weighted by Gasteiger charge is -2.14. The molecule has 4 nitrogen and oxygen atoms in total. The van der Waals surface area contributed by atoms with Crippen LogP contribution in [0.4, 0.5) is 5.88 Å². The molecule has 2 N–H and O–H groups in total. The summed E-state index contributed by atoms with van der Waals surface area (Å²) < 4.78 is 11.2. The number of hydrogen-bond donors (Lipinski definition) is 1. The zero-order chi connectivity index (χ0) is 13.3. The zero-order valence-corrected chi connectivity index (χ0v) is 12.1. The van der Waals surface area contributed by atoms with Crippen molar-refractivity contribution >= 4 is 21.8 Å². The highest BCUT2D eigenvalue weighted by atomic mass is 79.9. The van der Waals surface area contributed by atoms with Crippen LogP contribution < -0.4 is 10.5 Å². The number of benzene rings is 1. The predicted molar refractivity (Wildman–Crippen MR) is 74.7 cm³/mol. The molecule has 0 amide bonds. The number of nitrogens with zero attached hydrogens (tertiary/aromatic N) is 1. The van der Waals surface area contributed by atoms with Crippen LogP contribution in [0.5, 0.6) is 5.75 Å². The minimum Gasteiger partial charge on any atom is -0.495 e. The van der Waals surface area contributed by atoms with Crippen LogP contribution in [0, 0.1) is 0 Å². The molecule has 0 radical (unpaired) electrons. The number of nitrogens with two attached hydrogens (primary N) is 1. The van der Waals surface area contributed by atoms with E-state index in [1.54, 1.807) is 13.3 Å². The molecule has 1 heterocycles. The fourth-order valence-corrected chi connectivity index (χ4v) is 2.45. The Morgan fingerprint density at radius 2 is 2.06 bits per heavy atom. The average molecular weight is 311 g/mol. The van der Waals surface area contributed by atoms with E-state index in [9.17, 15) is 0 Å². The fourth-order valence-electron chi connectivity index (χ4n) is 1.81. The minimum absolute atomic E-state index is 0.293. The summed E-state index contributed by atoms with van der Waals surface area (Å²) in [5.74, 6) is 1.43. The van der Waals surface area contributed by atoms with Crippen LogP contribution in [0.15, 0.2) is 27.3 Å². The number of methoxy groups -OCH3 is 1. The summed E-state index contributed by atoms with van der Waals surface area (Å²) in [5.41, 5.74) is 8.59. The molecule has 0 saturated heterocycles. The van der Waals surface area contributed by atoms with Gasteiger partial charge in [0.25, 0.3) is 0 Å². The Labute approximate surface area is 114 Å². The molecule has 0 saturated carbocycles. The summed E-state index contributed by atoms with van der Waals surface area (Å²) in [5, 5.41) is 3.71. The van der Waals surface area contributed by atoms with Gasteiger partial charge in [-0.05, 0) is 39.5 Å². The van der Waals surface area contributed by atoms with E-state index in [4.69, 9.17) is 15.0 Å². The Bertz CT molecular complexity index is 564. The van der Waals surface area contributed by atoms with Gasteiger partial charge in [0.05, 0.1) is 23.3 Å². The molecule has 0 bridgehead atoms. The number of ether oxygens (including phenoxy) is 1. The van der Waals surface area contributed by atoms with Crippen molar-refractivity contribution < 1.29 is 9.26 Å². The van der Waals surface area contributed by atoms with Crippen LogP contribution in [-0.2, 0) is 0 Å². The van der Waals surface area contributed by atoms with E-state index in [0.29, 0.717) is 11.8 Å². The lowest BCUT2D eigenvalue weighted by Crippen LogP contribution is -1.95. The standard InChI is InChI=1S/C13H15BrN2O2/c1-7(2)8-4-9(10-6-16-18-13(10)15)12(17-3)11(14)5-8/h4-7H,15H2,1-3H3. The molecule has 0 spiro atoms. The Kier molecular flexibility index (Phi) is 3.61. The highest BCUT2D eigenvalue weighted by molar-refractivity contribution is 9.10. The first-order valence-electron chi connectivity index (χ1n) is 5.62. The Hall–Kier alpha value is -1.49. The first-order valence-corrected chi connectivity index (χ1v) is 6.41. The fraction of sp³-hybridized carbons (Fsp3) is 0.308. The predicted octanol–water partition coefficient (Wildman–Crippen LogP) is 3.82. The van der Waals surface area contributed by atoms with E-state index < -0.39 is 0 Å². The van der Waals surface area contributed by atoms with Crippen LogP contribution in [-0.4, -0.2) is 12.3 Å². The van der Waals surface area contributed by atoms with Gasteiger partial charge >= 0.3 is 0 Å². The van der Waals surface area contributed by atoms with Crippen LogP contribution in [0.25, 0.3) is 11.1 Å². The third-order valence-corrected chi connectivity index (χ3v) is 3.41. The second-order valence-corrected chi connectivity index (χ2v) is 5.20. The van der Waals surface area contributed by atoms with Gasteiger partial charge in [0.2, 0.25) is 5.88 Å². The molecule has 0 aliphatic heterocycles. The molecule has 2 aromatic rings. The largest absolute Gasteiger partial charge is 0.495 e. The van der Waals surface area contributed by atoms with E-state index in [1.165, 1.54) is 5.56 Å². The van der Waals surface area contributed by atoms with E-state index in [2.05, 4.69) is 47.1 Å². The van der Waals surface area contributed by atoms with Gasteiger partial charge in [-0.1, -0.05) is 19.0 Å². The lowest BCUT2D eigenvalue weighted by atomic mass is 9.97. The summed E-state index contributed by atoms with van der Waals surface area (Å²) in [7, 11) is 1.63. The van der Waals surface area contributed by atoms with Gasteiger partial charge in [0, 0.05) is 5.56 Å². The van der Waals surface area contributed by atoms with Gasteiger partial charge in [-0.3, -0.25) is 0 Å². The van der Waals surface area contributed by atoms with Gasteiger partial charge in [-0.15, -0.1) is 0 Å². The highest BCUT2D eigenvalue weighted by Crippen LogP contribution is 2.41. The minimum atomic E-state index is 0.293. The van der Waals surface area contributed by atoms with E-state index >= 15 is 0 Å². The first-order chi connectivity index (χ1) is 8.54. The topological polar surface area (TPSA) is 61.3 Å². The van der Waals surface area contributed by atoms with Gasteiger partial charge < -0.3 is 15.0 Å². The molecule has 0 aliphatic rings. The van der Waals surface area contributed by atoms with Gasteiger partial charge in [-0.2, -0.15) is 0 Å². The van der Waals surface area contributed by atoms with Crippen molar-refractivity contribution in [2.45, 2.75) is 19.8 Å². The Balaban J connectivity index is 2.67. The smallest absolute Gasteiger partial charge is 0.230 e. The summed E-state index contributed by atoms with van der Waals surface area (Å²) in [4.78, 5) is 0. The first kappa shape index (κ1) is 13.0. The molecule has 0 aliphatic carbocycles. The van der Waals surface area contributed by atoms with Gasteiger partial charge in [0.1, 0.15) is 5.75 Å². The van der Waals surface area contributed by atoms with E-state index in [-0.39, 0.29) is 0 Å². The van der Waals surface area contributed by atoms with Crippen LogP contribution in [0.1, 0.15) is 25.3 Å². The highest BCUT2D eigenvalue weighted by Gasteiger charge is 2.17. The van der Waals surface area contributed by atoms with E-state index in [1.807, 2.05) is 0 Å². The molecule has 1 aromatic heterocycles. The van der Waals surface area contributed by atoms with Crippen LogP contribution in [0.3, 0.4) is 0 Å². The Morgan fingerprint density at radius 1 is 1.33 bits per heavy atom. The number of anilines is 1. The van der Waals surface area contributed by atoms with Crippen molar-refractivity contribution in [2.75, 3.05) is 12.8 Å². The van der Waals surface area contributed by atoms with Crippen LogP contribution >= 0.6 is 15.9 Å². The lowest BCUT2D eigenvalue weighted by molar-refractivity contribution is 0.413. The molecule has 96 valence electrons. The summed E-state index contributed by atoms with van der Waals surface area (Å²) in [6.07, 6.45) is 1.60. The van der Waals surface area contributed by atoms with Gasteiger partial charge in [0.15, 0.2) is 0 Å². The molecule has 2 rings (SSSR count). The van der Waals surface area contributed by atoms with Crippen LogP contribution in [0.2, 0.25) is 0 Å². The molecular weight excluding hydrogens is 296 g/mol. The second-order valence-electron chi connectivity index (χ2n) is 4.34. The molecule has 0 atom stereocenters. The zero-order valence-electron chi connectivity index (χ0n) is 10.5. The number of hydrogen-bond acceptors (Lipinski definition) is 4. The second kappa shape index (κ2) is 5.02. The maximum Gasteiger partial charge on any atom is 0.230 e. The quantitative estimate of drug-likeness (QED) is 0.936. The summed E-state index contributed by atoms with van der Waals surface area (Å²) in [6.45, 7) is 4.27.